The first-order valence-electron chi connectivity index (χ1n) is 9.07. The van der Waals surface area contributed by atoms with Gasteiger partial charge in [0, 0.05) is 18.4 Å². The first-order valence-corrected chi connectivity index (χ1v) is 9.07. The van der Waals surface area contributed by atoms with Gasteiger partial charge < -0.3 is 19.6 Å². The number of aromatic hydroxyl groups is 1. The molecule has 0 spiro atoms. The van der Waals surface area contributed by atoms with Gasteiger partial charge in [0.1, 0.15) is 11.3 Å². The Morgan fingerprint density at radius 2 is 1.72 bits per heavy atom. The first-order chi connectivity index (χ1) is 13.4. The van der Waals surface area contributed by atoms with Crippen LogP contribution >= 0.6 is 12.4 Å². The standard InChI is InChI=1S/C22H24N2O4.ClH/c1-14(23-27)17(13-24(2)3)19(15-9-5-4-6-10-15)20-21(25)16-11-7-8-12-18(16)28-22(20)26;/h4-12,17,19,25,27H,13H2,1-3H3;1H/b23-14+;. The Bertz CT molecular complexity index is 1050. The summed E-state index contributed by atoms with van der Waals surface area (Å²) in [6, 6.07) is 16.3. The normalized spacial score (nSPS) is 13.9. The number of hydrogen-bond donors (Lipinski definition) is 2. The number of nitrogens with zero attached hydrogens (tertiary/aromatic N) is 2. The molecule has 0 aliphatic carbocycles. The second kappa shape index (κ2) is 9.58. The van der Waals surface area contributed by atoms with Crippen molar-refractivity contribution in [2.75, 3.05) is 20.6 Å². The van der Waals surface area contributed by atoms with E-state index in [1.54, 1.807) is 31.2 Å². The van der Waals surface area contributed by atoms with Gasteiger partial charge in [-0.2, -0.15) is 0 Å². The van der Waals surface area contributed by atoms with E-state index in [1.165, 1.54) is 0 Å². The number of hydrogen-bond acceptors (Lipinski definition) is 6. The minimum absolute atomic E-state index is 0. The van der Waals surface area contributed by atoms with E-state index in [0.29, 0.717) is 23.2 Å². The van der Waals surface area contributed by atoms with Gasteiger partial charge in [-0.1, -0.05) is 47.6 Å². The van der Waals surface area contributed by atoms with Crippen molar-refractivity contribution >= 4 is 29.1 Å². The highest BCUT2D eigenvalue weighted by molar-refractivity contribution is 5.88. The van der Waals surface area contributed by atoms with Crippen molar-refractivity contribution in [3.63, 3.8) is 0 Å². The molecule has 0 saturated carbocycles. The molecule has 1 aromatic heterocycles. The van der Waals surface area contributed by atoms with E-state index in [-0.39, 0.29) is 29.6 Å². The van der Waals surface area contributed by atoms with Crippen molar-refractivity contribution in [3.05, 3.63) is 76.1 Å². The maximum atomic E-state index is 12.9. The fraction of sp³-hybridized carbons (Fsp3) is 0.273. The van der Waals surface area contributed by atoms with E-state index in [1.807, 2.05) is 49.3 Å². The monoisotopic (exact) mass is 416 g/mol. The highest BCUT2D eigenvalue weighted by Crippen LogP contribution is 2.39. The second-order valence-electron chi connectivity index (χ2n) is 7.15. The Kier molecular flexibility index (Phi) is 7.42. The lowest BCUT2D eigenvalue weighted by Crippen LogP contribution is -2.34. The minimum atomic E-state index is -0.598. The predicted molar refractivity (Wildman–Crippen MR) is 117 cm³/mol. The Hall–Kier alpha value is -2.83. The van der Waals surface area contributed by atoms with E-state index >= 15 is 0 Å². The minimum Gasteiger partial charge on any atom is -0.507 e. The molecule has 2 unspecified atom stereocenters. The predicted octanol–water partition coefficient (Wildman–Crippen LogP) is 4.08. The van der Waals surface area contributed by atoms with Gasteiger partial charge in [0.2, 0.25) is 0 Å². The lowest BCUT2D eigenvalue weighted by molar-refractivity contribution is 0.301. The van der Waals surface area contributed by atoms with E-state index in [0.717, 1.165) is 5.56 Å². The number of rotatable bonds is 6. The van der Waals surface area contributed by atoms with E-state index in [2.05, 4.69) is 5.16 Å². The van der Waals surface area contributed by atoms with Gasteiger partial charge in [0.25, 0.3) is 0 Å². The summed E-state index contributed by atoms with van der Waals surface area (Å²) in [5.74, 6) is -0.993. The van der Waals surface area contributed by atoms with Crippen LogP contribution in [-0.2, 0) is 0 Å². The van der Waals surface area contributed by atoms with Crippen LogP contribution in [0.1, 0.15) is 24.0 Å². The van der Waals surface area contributed by atoms with Gasteiger partial charge in [0.15, 0.2) is 0 Å². The van der Waals surface area contributed by atoms with E-state index < -0.39 is 11.5 Å². The molecule has 2 aromatic carbocycles. The molecule has 2 atom stereocenters. The van der Waals surface area contributed by atoms with Crippen LogP contribution in [0.5, 0.6) is 5.75 Å². The van der Waals surface area contributed by atoms with Crippen LogP contribution in [-0.4, -0.2) is 41.6 Å². The Balaban J connectivity index is 0.00000300. The first kappa shape index (κ1) is 22.5. The smallest absolute Gasteiger partial charge is 0.343 e. The Morgan fingerprint density at radius 3 is 2.34 bits per heavy atom. The lowest BCUT2D eigenvalue weighted by Gasteiger charge is -2.29. The molecular formula is C22H25ClN2O4. The lowest BCUT2D eigenvalue weighted by atomic mass is 9.78. The SMILES string of the molecule is C/C(=N\O)C(CN(C)C)C(c1ccccc1)c1c(O)c2ccccc2oc1=O.Cl. The summed E-state index contributed by atoms with van der Waals surface area (Å²) in [5.41, 5.74) is 1.20. The average molecular weight is 417 g/mol. The van der Waals surface area contributed by atoms with Crippen molar-refractivity contribution in [2.24, 2.45) is 11.1 Å². The maximum Gasteiger partial charge on any atom is 0.343 e. The third-order valence-corrected chi connectivity index (χ3v) is 4.95. The van der Waals surface area contributed by atoms with Crippen LogP contribution in [0.4, 0.5) is 0 Å². The van der Waals surface area contributed by atoms with Crippen molar-refractivity contribution in [3.8, 4) is 5.75 Å². The zero-order valence-electron chi connectivity index (χ0n) is 16.6. The second-order valence-corrected chi connectivity index (χ2v) is 7.15. The Labute approximate surface area is 175 Å². The zero-order valence-corrected chi connectivity index (χ0v) is 17.4. The molecule has 0 amide bonds. The molecule has 6 nitrogen and oxygen atoms in total. The molecule has 29 heavy (non-hydrogen) atoms. The summed E-state index contributed by atoms with van der Waals surface area (Å²) in [6.45, 7) is 2.23. The molecule has 154 valence electrons. The van der Waals surface area contributed by atoms with Crippen LogP contribution in [0.2, 0.25) is 0 Å². The molecule has 7 heteroatoms. The van der Waals surface area contributed by atoms with Crippen molar-refractivity contribution in [1.29, 1.82) is 0 Å². The number of halogens is 1. The van der Waals surface area contributed by atoms with Gasteiger partial charge >= 0.3 is 5.63 Å². The number of benzene rings is 2. The van der Waals surface area contributed by atoms with Gasteiger partial charge in [-0.25, -0.2) is 4.79 Å². The van der Waals surface area contributed by atoms with Crippen LogP contribution in [0.25, 0.3) is 11.0 Å². The molecule has 1 heterocycles. The molecule has 0 fully saturated rings. The number of para-hydroxylation sites is 1. The molecule has 0 aliphatic heterocycles. The summed E-state index contributed by atoms with van der Waals surface area (Å²) in [7, 11) is 3.81. The molecule has 2 N–H and O–H groups in total. The summed E-state index contributed by atoms with van der Waals surface area (Å²) < 4.78 is 5.51. The number of oxime groups is 1. The molecule has 3 rings (SSSR count). The largest absolute Gasteiger partial charge is 0.507 e. The molecule has 0 saturated heterocycles. The quantitative estimate of drug-likeness (QED) is 0.273. The fourth-order valence-corrected chi connectivity index (χ4v) is 3.63. The summed E-state index contributed by atoms with van der Waals surface area (Å²) in [6.07, 6.45) is 0. The van der Waals surface area contributed by atoms with Crippen LogP contribution < -0.4 is 5.63 Å². The van der Waals surface area contributed by atoms with Gasteiger partial charge in [-0.3, -0.25) is 0 Å². The third-order valence-electron chi connectivity index (χ3n) is 4.95. The van der Waals surface area contributed by atoms with Gasteiger partial charge in [-0.15, -0.1) is 12.4 Å². The van der Waals surface area contributed by atoms with E-state index in [4.69, 9.17) is 4.42 Å². The molecule has 3 aromatic rings. The number of fused-ring (bicyclic) bond motifs is 1. The summed E-state index contributed by atoms with van der Waals surface area (Å²) >= 11 is 0. The van der Waals surface area contributed by atoms with Crippen molar-refractivity contribution < 1.29 is 14.7 Å². The summed E-state index contributed by atoms with van der Waals surface area (Å²) in [4.78, 5) is 14.9. The van der Waals surface area contributed by atoms with Crippen molar-refractivity contribution in [1.82, 2.24) is 4.90 Å². The maximum absolute atomic E-state index is 12.9. The zero-order chi connectivity index (χ0) is 20.3. The molecule has 0 aliphatic rings. The third kappa shape index (κ3) is 4.60. The molecule has 0 radical (unpaired) electrons. The topological polar surface area (TPSA) is 86.3 Å². The fourth-order valence-electron chi connectivity index (χ4n) is 3.63. The highest BCUT2D eigenvalue weighted by Gasteiger charge is 2.33. The molecule has 0 bridgehead atoms. The highest BCUT2D eigenvalue weighted by atomic mass is 35.5. The average Bonchev–Trinajstić information content (AvgIpc) is 2.69. The van der Waals surface area contributed by atoms with Crippen LogP contribution in [0.15, 0.2) is 69.0 Å². The van der Waals surface area contributed by atoms with Gasteiger partial charge in [-0.05, 0) is 38.7 Å². The van der Waals surface area contributed by atoms with Crippen molar-refractivity contribution in [2.45, 2.75) is 12.8 Å². The van der Waals surface area contributed by atoms with Crippen LogP contribution in [0.3, 0.4) is 0 Å². The van der Waals surface area contributed by atoms with E-state index in [9.17, 15) is 15.1 Å². The van der Waals surface area contributed by atoms with Crippen LogP contribution in [0, 0.1) is 5.92 Å². The summed E-state index contributed by atoms with van der Waals surface area (Å²) in [5, 5.41) is 24.4. The van der Waals surface area contributed by atoms with Gasteiger partial charge in [0.05, 0.1) is 16.7 Å². The Morgan fingerprint density at radius 1 is 1.10 bits per heavy atom. The molecular weight excluding hydrogens is 392 g/mol.